The van der Waals surface area contributed by atoms with Gasteiger partial charge in [-0.15, -0.1) is 5.73 Å². The Hall–Kier alpha value is -0.263. The molecule has 0 atom stereocenters. The molecule has 0 spiro atoms. The first kappa shape index (κ1) is 9.74. The maximum atomic E-state index is 3.72. The molecule has 0 rings (SSSR count). The van der Waals surface area contributed by atoms with Gasteiger partial charge in [0.1, 0.15) is 0 Å². The van der Waals surface area contributed by atoms with E-state index in [9.17, 15) is 0 Å². The van der Waals surface area contributed by atoms with Crippen molar-refractivity contribution in [1.82, 2.24) is 0 Å². The first-order valence-corrected chi connectivity index (χ1v) is 7.30. The van der Waals surface area contributed by atoms with Crippen LogP contribution in [0.5, 0.6) is 0 Å². The van der Waals surface area contributed by atoms with Gasteiger partial charge in [0, 0.05) is 0 Å². The molecule has 10 heavy (non-hydrogen) atoms. The molecule has 0 radical (unpaired) electrons. The Morgan fingerprint density at radius 2 is 1.70 bits per heavy atom. The molecular formula is C9H18Si. The third-order valence-electron chi connectivity index (χ3n) is 1.58. The van der Waals surface area contributed by atoms with Gasteiger partial charge < -0.3 is 0 Å². The van der Waals surface area contributed by atoms with E-state index in [0.717, 1.165) is 0 Å². The van der Waals surface area contributed by atoms with Gasteiger partial charge in [0.15, 0.2) is 0 Å². The lowest BCUT2D eigenvalue weighted by Crippen LogP contribution is -2.26. The predicted octanol–water partition coefficient (Wildman–Crippen LogP) is 3.23. The highest BCUT2D eigenvalue weighted by Crippen LogP contribution is 2.20. The van der Waals surface area contributed by atoms with Gasteiger partial charge in [0.2, 0.25) is 0 Å². The van der Waals surface area contributed by atoms with Gasteiger partial charge in [-0.2, -0.15) is 0 Å². The molecule has 0 aliphatic rings. The third-order valence-corrected chi connectivity index (χ3v) is 3.95. The van der Waals surface area contributed by atoms with E-state index in [-0.39, 0.29) is 0 Å². The minimum atomic E-state index is -1.11. The van der Waals surface area contributed by atoms with Crippen LogP contribution in [-0.2, 0) is 0 Å². The Bertz CT molecular complexity index is 154. The lowest BCUT2D eigenvalue weighted by atomic mass is 10.2. The average molecular weight is 154 g/mol. The summed E-state index contributed by atoms with van der Waals surface area (Å²) in [7, 11) is -1.11. The largest absolute Gasteiger partial charge is 0.134 e. The second kappa shape index (κ2) is 3.22. The predicted molar refractivity (Wildman–Crippen MR) is 50.8 cm³/mol. The number of allylic oxidation sites excluding steroid dienone is 1. The monoisotopic (exact) mass is 154 g/mol. The molecule has 0 aromatic rings. The van der Waals surface area contributed by atoms with E-state index in [2.05, 4.69) is 45.8 Å². The van der Waals surface area contributed by atoms with Crippen molar-refractivity contribution in [2.45, 2.75) is 33.5 Å². The van der Waals surface area contributed by atoms with E-state index >= 15 is 0 Å². The summed E-state index contributed by atoms with van der Waals surface area (Å²) < 4.78 is 0. The van der Waals surface area contributed by atoms with E-state index in [4.69, 9.17) is 0 Å². The highest BCUT2D eigenvalue weighted by Gasteiger charge is 2.21. The smallest absolute Gasteiger partial charge is 0.0826 e. The van der Waals surface area contributed by atoms with Crippen molar-refractivity contribution in [1.29, 1.82) is 0 Å². The highest BCUT2D eigenvalue weighted by molar-refractivity contribution is 6.83. The summed E-state index contributed by atoms with van der Waals surface area (Å²) in [5, 5.41) is 1.45. The van der Waals surface area contributed by atoms with Crippen LogP contribution in [0.25, 0.3) is 0 Å². The maximum absolute atomic E-state index is 3.72. The maximum Gasteiger partial charge on any atom is 0.0826 e. The van der Waals surface area contributed by atoms with Crippen LogP contribution in [0.15, 0.2) is 17.5 Å². The first-order chi connectivity index (χ1) is 4.39. The summed E-state index contributed by atoms with van der Waals surface area (Å²) in [4.78, 5) is 0. The Balaban J connectivity index is 4.57. The average Bonchev–Trinajstić information content (AvgIpc) is 1.60. The molecular weight excluding hydrogens is 136 g/mol. The minimum absolute atomic E-state index is 0.629. The second-order valence-electron chi connectivity index (χ2n) is 4.00. The molecule has 0 unspecified atom stereocenters. The van der Waals surface area contributed by atoms with Crippen molar-refractivity contribution in [2.24, 2.45) is 5.92 Å². The van der Waals surface area contributed by atoms with E-state index in [1.165, 1.54) is 5.20 Å². The molecule has 58 valence electrons. The van der Waals surface area contributed by atoms with Gasteiger partial charge in [0.25, 0.3) is 0 Å². The molecule has 0 bridgehead atoms. The lowest BCUT2D eigenvalue weighted by molar-refractivity contribution is 0.805. The Labute approximate surface area is 65.7 Å². The van der Waals surface area contributed by atoms with E-state index in [0.29, 0.717) is 5.92 Å². The SMILES string of the molecule is C=C=C(C(C)C)[Si](C)(C)C. The van der Waals surface area contributed by atoms with Crippen LogP contribution in [0.3, 0.4) is 0 Å². The van der Waals surface area contributed by atoms with Gasteiger partial charge >= 0.3 is 0 Å². The van der Waals surface area contributed by atoms with Gasteiger partial charge in [0.05, 0.1) is 8.07 Å². The molecule has 0 aromatic carbocycles. The molecule has 0 saturated heterocycles. The summed E-state index contributed by atoms with van der Waals surface area (Å²) in [5.41, 5.74) is 3.07. The van der Waals surface area contributed by atoms with Gasteiger partial charge in [-0.05, 0) is 11.1 Å². The normalized spacial score (nSPS) is 11.4. The lowest BCUT2D eigenvalue weighted by Gasteiger charge is -2.21. The summed E-state index contributed by atoms with van der Waals surface area (Å²) in [5.74, 6) is 0.629. The molecule has 0 aliphatic carbocycles. The van der Waals surface area contributed by atoms with E-state index in [1.54, 1.807) is 0 Å². The number of hydrogen-bond acceptors (Lipinski definition) is 0. The Morgan fingerprint density at radius 1 is 1.30 bits per heavy atom. The van der Waals surface area contributed by atoms with Crippen molar-refractivity contribution < 1.29 is 0 Å². The second-order valence-corrected chi connectivity index (χ2v) is 9.03. The zero-order valence-electron chi connectivity index (χ0n) is 7.78. The molecule has 1 heteroatoms. The molecule has 0 saturated carbocycles. The summed E-state index contributed by atoms with van der Waals surface area (Å²) in [6.07, 6.45) is 0. The van der Waals surface area contributed by atoms with E-state index in [1.807, 2.05) is 0 Å². The Kier molecular flexibility index (Phi) is 3.14. The molecule has 0 fully saturated rings. The van der Waals surface area contributed by atoms with Crippen molar-refractivity contribution in [3.05, 3.63) is 17.5 Å². The van der Waals surface area contributed by atoms with Crippen molar-refractivity contribution in [3.8, 4) is 0 Å². The molecule has 0 aromatic heterocycles. The van der Waals surface area contributed by atoms with Crippen molar-refractivity contribution in [2.75, 3.05) is 0 Å². The molecule has 0 heterocycles. The zero-order chi connectivity index (χ0) is 8.36. The number of rotatable bonds is 2. The molecule has 0 nitrogen and oxygen atoms in total. The van der Waals surface area contributed by atoms with Crippen LogP contribution in [-0.4, -0.2) is 8.07 Å². The van der Waals surface area contributed by atoms with Crippen LogP contribution >= 0.6 is 0 Å². The fourth-order valence-electron chi connectivity index (χ4n) is 1.34. The first-order valence-electron chi connectivity index (χ1n) is 3.80. The van der Waals surface area contributed by atoms with Crippen LogP contribution in [0.1, 0.15) is 13.8 Å². The molecule has 0 aliphatic heterocycles. The van der Waals surface area contributed by atoms with Crippen LogP contribution in [0.4, 0.5) is 0 Å². The highest BCUT2D eigenvalue weighted by atomic mass is 28.3. The number of hydrogen-bond donors (Lipinski definition) is 0. The summed E-state index contributed by atoms with van der Waals surface area (Å²) in [6.45, 7) is 15.2. The van der Waals surface area contributed by atoms with Crippen LogP contribution in [0, 0.1) is 5.92 Å². The fraction of sp³-hybridized carbons (Fsp3) is 0.667. The summed E-state index contributed by atoms with van der Waals surface area (Å²) >= 11 is 0. The van der Waals surface area contributed by atoms with Gasteiger partial charge in [-0.3, -0.25) is 0 Å². The van der Waals surface area contributed by atoms with Crippen molar-refractivity contribution >= 4 is 8.07 Å². The zero-order valence-corrected chi connectivity index (χ0v) is 8.78. The summed E-state index contributed by atoms with van der Waals surface area (Å²) in [6, 6.07) is 0. The van der Waals surface area contributed by atoms with Gasteiger partial charge in [-0.25, -0.2) is 0 Å². The molecule has 0 N–H and O–H groups in total. The third kappa shape index (κ3) is 2.55. The Morgan fingerprint density at radius 3 is 1.70 bits per heavy atom. The van der Waals surface area contributed by atoms with E-state index < -0.39 is 8.07 Å². The molecule has 0 amide bonds. The standard InChI is InChI=1S/C9H18Si/c1-7-9(8(2)3)10(4,5)6/h8H,1H2,2-6H3. The quantitative estimate of drug-likeness (QED) is 0.423. The van der Waals surface area contributed by atoms with Gasteiger partial charge in [-0.1, -0.05) is 40.1 Å². The van der Waals surface area contributed by atoms with Crippen molar-refractivity contribution in [3.63, 3.8) is 0 Å². The van der Waals surface area contributed by atoms with Crippen LogP contribution < -0.4 is 0 Å². The minimum Gasteiger partial charge on any atom is -0.134 e. The van der Waals surface area contributed by atoms with Crippen LogP contribution in [0.2, 0.25) is 19.6 Å². The fourth-order valence-corrected chi connectivity index (χ4v) is 3.60. The topological polar surface area (TPSA) is 0 Å².